The van der Waals surface area contributed by atoms with Gasteiger partial charge >= 0.3 is 0 Å². The van der Waals surface area contributed by atoms with Crippen molar-refractivity contribution in [2.45, 2.75) is 63.6 Å². The Bertz CT molecular complexity index is 1710. The van der Waals surface area contributed by atoms with Crippen molar-refractivity contribution in [1.82, 2.24) is 34.6 Å². The van der Waals surface area contributed by atoms with Gasteiger partial charge in [0.1, 0.15) is 11.6 Å². The zero-order chi connectivity index (χ0) is 28.1. The van der Waals surface area contributed by atoms with E-state index in [4.69, 9.17) is 9.97 Å². The van der Waals surface area contributed by atoms with E-state index in [1.165, 1.54) is 0 Å². The third-order valence-corrected chi connectivity index (χ3v) is 8.98. The fourth-order valence-electron chi connectivity index (χ4n) is 6.83. The lowest BCUT2D eigenvalue weighted by atomic mass is 10.1. The number of aromatic nitrogens is 4. The van der Waals surface area contributed by atoms with E-state index >= 15 is 0 Å². The maximum absolute atomic E-state index is 13.3. The molecule has 210 valence electrons. The Hall–Kier alpha value is -4.16. The quantitative estimate of drug-likeness (QED) is 0.372. The number of nitrogens with zero attached hydrogens (tertiary/aromatic N) is 5. The Labute approximate surface area is 239 Å². The van der Waals surface area contributed by atoms with Gasteiger partial charge in [0, 0.05) is 31.1 Å². The summed E-state index contributed by atoms with van der Waals surface area (Å²) < 4.78 is 0. The maximum Gasteiger partial charge on any atom is 0.240 e. The van der Waals surface area contributed by atoms with Gasteiger partial charge in [-0.2, -0.15) is 0 Å². The molecule has 3 aliphatic rings. The average Bonchev–Trinajstić information content (AvgIpc) is 3.79. The van der Waals surface area contributed by atoms with Gasteiger partial charge in [0.15, 0.2) is 0 Å². The van der Waals surface area contributed by atoms with Crippen LogP contribution >= 0.6 is 0 Å². The second-order valence-corrected chi connectivity index (χ2v) is 11.7. The van der Waals surface area contributed by atoms with Gasteiger partial charge in [0.25, 0.3) is 0 Å². The standard InChI is InChI=1S/C32H35N7O2/c1-20(40)38-16-4-6-27(38)30-33-23-13-11-21(18-25(23)35-30)9-10-22-12-14-24-26(19-22)36-31(34-24)28-7-5-17-39(28)32(41)29-8-3-15-37(29)2/h11-14,18-19,27-29H,3-8,15-17H2,1-2H3,(H,33,35)(H,34,36)/t27-,28-,29-/m0/s1. The van der Waals surface area contributed by atoms with Crippen LogP contribution in [0.25, 0.3) is 22.1 Å². The van der Waals surface area contributed by atoms with Gasteiger partial charge in [-0.3, -0.25) is 14.5 Å². The van der Waals surface area contributed by atoms with E-state index < -0.39 is 0 Å². The minimum absolute atomic E-state index is 0.00350. The Morgan fingerprint density at radius 2 is 1.32 bits per heavy atom. The van der Waals surface area contributed by atoms with E-state index in [2.05, 4.69) is 26.7 Å². The lowest BCUT2D eigenvalue weighted by Crippen LogP contribution is -2.44. The summed E-state index contributed by atoms with van der Waals surface area (Å²) in [5.41, 5.74) is 5.42. The molecule has 0 unspecified atom stereocenters. The van der Waals surface area contributed by atoms with Crippen molar-refractivity contribution in [2.75, 3.05) is 26.7 Å². The topological polar surface area (TPSA) is 101 Å². The number of amides is 2. The molecule has 0 spiro atoms. The van der Waals surface area contributed by atoms with Crippen molar-refractivity contribution >= 4 is 33.9 Å². The van der Waals surface area contributed by atoms with E-state index in [-0.39, 0.29) is 29.9 Å². The molecule has 0 bridgehead atoms. The van der Waals surface area contributed by atoms with E-state index in [0.717, 1.165) is 103 Å². The number of carbonyl (C=O) groups excluding carboxylic acids is 2. The summed E-state index contributed by atoms with van der Waals surface area (Å²) in [5, 5.41) is 0. The first-order valence-electron chi connectivity index (χ1n) is 14.7. The van der Waals surface area contributed by atoms with Crippen LogP contribution in [-0.4, -0.2) is 79.2 Å². The van der Waals surface area contributed by atoms with Gasteiger partial charge < -0.3 is 19.8 Å². The van der Waals surface area contributed by atoms with Crippen LogP contribution in [0.4, 0.5) is 0 Å². The lowest BCUT2D eigenvalue weighted by Gasteiger charge is -2.29. The second kappa shape index (κ2) is 10.3. The summed E-state index contributed by atoms with van der Waals surface area (Å²) in [6, 6.07) is 12.0. The summed E-state index contributed by atoms with van der Waals surface area (Å²) in [6.07, 6.45) is 5.87. The molecule has 5 heterocycles. The number of H-pyrrole nitrogens is 2. The fourth-order valence-corrected chi connectivity index (χ4v) is 6.83. The van der Waals surface area contributed by atoms with Crippen LogP contribution in [0.1, 0.15) is 80.3 Å². The minimum atomic E-state index is -0.00707. The van der Waals surface area contributed by atoms with Crippen molar-refractivity contribution in [3.05, 3.63) is 59.2 Å². The Balaban J connectivity index is 1.10. The fraction of sp³-hybridized carbons (Fsp3) is 0.438. The van der Waals surface area contributed by atoms with Gasteiger partial charge in [0.05, 0.1) is 40.2 Å². The number of aromatic amines is 2. The molecule has 2 aromatic carbocycles. The molecule has 0 radical (unpaired) electrons. The van der Waals surface area contributed by atoms with Gasteiger partial charge in [0.2, 0.25) is 11.8 Å². The lowest BCUT2D eigenvalue weighted by molar-refractivity contribution is -0.136. The first-order chi connectivity index (χ1) is 19.9. The molecule has 3 saturated heterocycles. The molecule has 2 aromatic heterocycles. The van der Waals surface area contributed by atoms with Crippen molar-refractivity contribution in [2.24, 2.45) is 0 Å². The summed E-state index contributed by atoms with van der Waals surface area (Å²) in [5.74, 6) is 8.62. The molecule has 0 aliphatic carbocycles. The number of imidazole rings is 2. The first kappa shape index (κ1) is 25.8. The Morgan fingerprint density at radius 3 is 1.85 bits per heavy atom. The number of fused-ring (bicyclic) bond motifs is 2. The number of nitrogens with one attached hydrogen (secondary N) is 2. The molecule has 2 N–H and O–H groups in total. The van der Waals surface area contributed by atoms with E-state index in [9.17, 15) is 9.59 Å². The number of likely N-dealkylation sites (N-methyl/N-ethyl adjacent to an activating group) is 1. The number of likely N-dealkylation sites (tertiary alicyclic amines) is 3. The van der Waals surface area contributed by atoms with Gasteiger partial charge in [-0.15, -0.1) is 0 Å². The largest absolute Gasteiger partial charge is 0.340 e. The molecular formula is C32H35N7O2. The summed E-state index contributed by atoms with van der Waals surface area (Å²) in [6.45, 7) is 4.18. The number of rotatable bonds is 3. The highest BCUT2D eigenvalue weighted by molar-refractivity contribution is 5.83. The molecule has 3 fully saturated rings. The molecule has 41 heavy (non-hydrogen) atoms. The van der Waals surface area contributed by atoms with Gasteiger partial charge in [-0.1, -0.05) is 11.8 Å². The zero-order valence-electron chi connectivity index (χ0n) is 23.6. The van der Waals surface area contributed by atoms with Crippen LogP contribution in [0.5, 0.6) is 0 Å². The highest BCUT2D eigenvalue weighted by Gasteiger charge is 2.38. The molecule has 2 amide bonds. The SMILES string of the molecule is CC(=O)N1CCC[C@H]1c1nc2ccc(C#Cc3ccc4nc([C@@H]5CCCN5C(=O)[C@@H]5CCCN5C)[nH]c4c3)cc2[nH]1. The third kappa shape index (κ3) is 4.76. The second-order valence-electron chi connectivity index (χ2n) is 11.7. The minimum Gasteiger partial charge on any atom is -0.340 e. The summed E-state index contributed by atoms with van der Waals surface area (Å²) >= 11 is 0. The maximum atomic E-state index is 13.3. The van der Waals surface area contributed by atoms with Gasteiger partial charge in [-0.05, 0) is 88.5 Å². The van der Waals surface area contributed by atoms with E-state index in [0.29, 0.717) is 0 Å². The molecule has 3 atom stereocenters. The van der Waals surface area contributed by atoms with Crippen LogP contribution in [-0.2, 0) is 9.59 Å². The molecular weight excluding hydrogens is 514 g/mol. The molecule has 4 aromatic rings. The van der Waals surface area contributed by atoms with Crippen LogP contribution < -0.4 is 0 Å². The monoisotopic (exact) mass is 549 g/mol. The zero-order valence-corrected chi connectivity index (χ0v) is 23.6. The molecule has 7 rings (SSSR count). The van der Waals surface area contributed by atoms with E-state index in [1.807, 2.05) is 53.2 Å². The smallest absolute Gasteiger partial charge is 0.240 e. The third-order valence-electron chi connectivity index (χ3n) is 8.98. The van der Waals surface area contributed by atoms with Crippen molar-refractivity contribution in [3.8, 4) is 11.8 Å². The Morgan fingerprint density at radius 1 is 0.780 bits per heavy atom. The number of hydrogen-bond acceptors (Lipinski definition) is 5. The van der Waals surface area contributed by atoms with Crippen molar-refractivity contribution in [1.29, 1.82) is 0 Å². The van der Waals surface area contributed by atoms with Gasteiger partial charge in [-0.25, -0.2) is 9.97 Å². The highest BCUT2D eigenvalue weighted by atomic mass is 16.2. The predicted octanol–water partition coefficient (Wildman–Crippen LogP) is 4.28. The summed E-state index contributed by atoms with van der Waals surface area (Å²) in [7, 11) is 2.05. The number of hydrogen-bond donors (Lipinski definition) is 2. The molecule has 9 heteroatoms. The number of benzene rings is 2. The molecule has 9 nitrogen and oxygen atoms in total. The van der Waals surface area contributed by atoms with Crippen molar-refractivity contribution < 1.29 is 9.59 Å². The highest BCUT2D eigenvalue weighted by Crippen LogP contribution is 2.34. The normalized spacial score (nSPS) is 23.0. The van der Waals surface area contributed by atoms with E-state index in [1.54, 1.807) is 6.92 Å². The predicted molar refractivity (Wildman–Crippen MR) is 157 cm³/mol. The molecule has 3 aliphatic heterocycles. The van der Waals surface area contributed by atoms with Crippen LogP contribution in [0.3, 0.4) is 0 Å². The first-order valence-corrected chi connectivity index (χ1v) is 14.7. The molecule has 0 saturated carbocycles. The Kier molecular flexibility index (Phi) is 6.51. The number of carbonyl (C=O) groups is 2. The van der Waals surface area contributed by atoms with Crippen molar-refractivity contribution in [3.63, 3.8) is 0 Å². The average molecular weight is 550 g/mol. The summed E-state index contributed by atoms with van der Waals surface area (Å²) in [4.78, 5) is 48.0. The van der Waals surface area contributed by atoms with Crippen LogP contribution in [0, 0.1) is 11.8 Å². The van der Waals surface area contributed by atoms with Crippen LogP contribution in [0.15, 0.2) is 36.4 Å². The van der Waals surface area contributed by atoms with Crippen LogP contribution in [0.2, 0.25) is 0 Å².